The summed E-state index contributed by atoms with van der Waals surface area (Å²) in [6, 6.07) is 11.7. The number of anilines is 2. The summed E-state index contributed by atoms with van der Waals surface area (Å²) in [7, 11) is 2.10. The molecule has 2 aromatic carbocycles. The van der Waals surface area contributed by atoms with Gasteiger partial charge >= 0.3 is 12.1 Å². The molecule has 2 atom stereocenters. The Kier molecular flexibility index (Phi) is 7.73. The lowest BCUT2D eigenvalue weighted by Gasteiger charge is -2.41. The van der Waals surface area contributed by atoms with E-state index < -0.39 is 12.1 Å². The normalized spacial score (nSPS) is 21.0. The molecule has 11 heteroatoms. The van der Waals surface area contributed by atoms with Gasteiger partial charge in [0, 0.05) is 48.9 Å². The van der Waals surface area contributed by atoms with Crippen LogP contribution in [0.3, 0.4) is 0 Å². The minimum atomic E-state index is -1.01. The maximum atomic E-state index is 14.6. The molecule has 0 saturated carbocycles. The van der Waals surface area contributed by atoms with Gasteiger partial charge in [0.25, 0.3) is 0 Å². The van der Waals surface area contributed by atoms with Crippen LogP contribution in [0.4, 0.5) is 20.7 Å². The second kappa shape index (κ2) is 11.6. The fraction of sp³-hybridized carbons (Fsp3) is 0.484. The van der Waals surface area contributed by atoms with Crippen molar-refractivity contribution in [2.24, 2.45) is 0 Å². The smallest absolute Gasteiger partial charge is 0.407 e. The predicted octanol–water partition coefficient (Wildman–Crippen LogP) is 4.20. The van der Waals surface area contributed by atoms with Crippen LogP contribution in [0.1, 0.15) is 36.1 Å². The Hall–Kier alpha value is -4.17. The van der Waals surface area contributed by atoms with E-state index in [1.807, 2.05) is 31.2 Å². The van der Waals surface area contributed by atoms with E-state index in [4.69, 9.17) is 14.7 Å². The Morgan fingerprint density at radius 2 is 2.00 bits per heavy atom. The van der Waals surface area contributed by atoms with Gasteiger partial charge in [-0.05, 0) is 62.9 Å². The molecule has 2 saturated heterocycles. The summed E-state index contributed by atoms with van der Waals surface area (Å²) in [6.45, 7) is 5.69. The third-order valence-corrected chi connectivity index (χ3v) is 9.01. The zero-order chi connectivity index (χ0) is 29.4. The molecule has 6 rings (SSSR count). The van der Waals surface area contributed by atoms with Gasteiger partial charge in [0.2, 0.25) is 0 Å². The molecule has 1 N–H and O–H groups in total. The molecule has 1 amide bonds. The quantitative estimate of drug-likeness (QED) is 0.464. The molecular weight excluding hydrogens is 537 g/mol. The molecule has 0 spiro atoms. The van der Waals surface area contributed by atoms with Crippen molar-refractivity contribution in [2.75, 3.05) is 56.2 Å². The molecule has 1 aromatic heterocycles. The van der Waals surface area contributed by atoms with E-state index in [0.717, 1.165) is 52.9 Å². The Morgan fingerprint density at radius 3 is 2.76 bits per heavy atom. The molecule has 4 heterocycles. The fourth-order valence-corrected chi connectivity index (χ4v) is 6.64. The fourth-order valence-electron chi connectivity index (χ4n) is 6.64. The molecule has 2 fully saturated rings. The third kappa shape index (κ3) is 5.27. The first-order valence-electron chi connectivity index (χ1n) is 14.6. The molecular formula is C31H36FN7O3. The Labute approximate surface area is 244 Å². The highest BCUT2D eigenvalue weighted by atomic mass is 19.1. The summed E-state index contributed by atoms with van der Waals surface area (Å²) in [6.07, 6.45) is 1.96. The number of benzene rings is 2. The number of nitriles is 1. The molecule has 10 nitrogen and oxygen atoms in total. The maximum Gasteiger partial charge on any atom is 0.407 e. The number of rotatable bonds is 6. The maximum absolute atomic E-state index is 14.6. The van der Waals surface area contributed by atoms with Gasteiger partial charge in [0.15, 0.2) is 0 Å². The molecule has 42 heavy (non-hydrogen) atoms. The van der Waals surface area contributed by atoms with E-state index in [2.05, 4.69) is 27.8 Å². The van der Waals surface area contributed by atoms with Crippen LogP contribution in [-0.4, -0.2) is 89.4 Å². The van der Waals surface area contributed by atoms with Crippen molar-refractivity contribution < 1.29 is 19.0 Å². The van der Waals surface area contributed by atoms with E-state index in [0.29, 0.717) is 56.8 Å². The van der Waals surface area contributed by atoms with Crippen LogP contribution in [0.15, 0.2) is 30.3 Å². The van der Waals surface area contributed by atoms with Crippen molar-refractivity contribution in [3.05, 3.63) is 53.0 Å². The van der Waals surface area contributed by atoms with Gasteiger partial charge in [-0.15, -0.1) is 0 Å². The summed E-state index contributed by atoms with van der Waals surface area (Å²) in [4.78, 5) is 29.6. The summed E-state index contributed by atoms with van der Waals surface area (Å²) < 4.78 is 20.8. The number of ether oxygens (including phenoxy) is 1. The van der Waals surface area contributed by atoms with Crippen LogP contribution in [0.5, 0.6) is 6.01 Å². The number of likely N-dealkylation sites (N-methyl/N-ethyl adjacent to an activating group) is 1. The van der Waals surface area contributed by atoms with Crippen LogP contribution < -0.4 is 14.5 Å². The molecule has 0 bridgehead atoms. The minimum absolute atomic E-state index is 0.109. The van der Waals surface area contributed by atoms with Crippen LogP contribution in [0, 0.1) is 24.1 Å². The number of nitrogens with zero attached hydrogens (tertiary/aromatic N) is 7. The number of carbonyl (C=O) groups is 1. The summed E-state index contributed by atoms with van der Waals surface area (Å²) in [5.74, 6) is 0.527. The lowest BCUT2D eigenvalue weighted by atomic mass is 9.99. The van der Waals surface area contributed by atoms with Crippen molar-refractivity contribution in [1.29, 1.82) is 5.26 Å². The first-order chi connectivity index (χ1) is 20.3. The van der Waals surface area contributed by atoms with E-state index in [9.17, 15) is 19.6 Å². The second-order valence-electron chi connectivity index (χ2n) is 11.5. The minimum Gasteiger partial charge on any atom is -0.465 e. The molecule has 0 radical (unpaired) electrons. The highest BCUT2D eigenvalue weighted by molar-refractivity contribution is 5.97. The molecule has 220 valence electrons. The van der Waals surface area contributed by atoms with Gasteiger partial charge in [0.05, 0.1) is 30.8 Å². The highest BCUT2D eigenvalue weighted by Gasteiger charge is 2.34. The largest absolute Gasteiger partial charge is 0.465 e. The highest BCUT2D eigenvalue weighted by Crippen LogP contribution is 2.36. The number of fused-ring (bicyclic) bond motifs is 2. The van der Waals surface area contributed by atoms with Gasteiger partial charge in [-0.1, -0.05) is 18.2 Å². The lowest BCUT2D eigenvalue weighted by Crippen LogP contribution is -2.55. The number of piperazine rings is 1. The van der Waals surface area contributed by atoms with Crippen molar-refractivity contribution in [2.45, 2.75) is 51.2 Å². The van der Waals surface area contributed by atoms with Gasteiger partial charge in [-0.3, -0.25) is 0 Å². The number of likely N-dealkylation sites (tertiary alicyclic amines) is 1. The van der Waals surface area contributed by atoms with Gasteiger partial charge < -0.3 is 29.4 Å². The zero-order valence-electron chi connectivity index (χ0n) is 24.1. The first-order valence-corrected chi connectivity index (χ1v) is 14.6. The molecule has 3 aromatic rings. The van der Waals surface area contributed by atoms with Gasteiger partial charge in [-0.25, -0.2) is 9.18 Å². The predicted molar refractivity (Wildman–Crippen MR) is 158 cm³/mol. The van der Waals surface area contributed by atoms with Crippen LogP contribution >= 0.6 is 0 Å². The van der Waals surface area contributed by atoms with E-state index in [-0.39, 0.29) is 18.8 Å². The molecule has 2 unspecified atom stereocenters. The molecule has 3 aliphatic rings. The lowest BCUT2D eigenvalue weighted by molar-refractivity contribution is 0.119. The van der Waals surface area contributed by atoms with Crippen molar-refractivity contribution in [1.82, 2.24) is 19.8 Å². The molecule has 3 aliphatic heterocycles. The number of amides is 1. The molecule has 0 aliphatic carbocycles. The SMILES string of the molecule is Cc1c(F)ccc2cccc(N3CCc4c(nc(OCC5CCCN5C)nc4N4CCN(C(=O)O)C(CC#N)C4)C3)c12. The average molecular weight is 574 g/mol. The second-order valence-corrected chi connectivity index (χ2v) is 11.5. The van der Waals surface area contributed by atoms with E-state index >= 15 is 0 Å². The van der Waals surface area contributed by atoms with E-state index in [1.54, 1.807) is 0 Å². The van der Waals surface area contributed by atoms with Crippen molar-refractivity contribution in [3.63, 3.8) is 0 Å². The Bertz CT molecular complexity index is 1540. The average Bonchev–Trinajstić information content (AvgIpc) is 3.41. The summed E-state index contributed by atoms with van der Waals surface area (Å²) in [5.41, 5.74) is 3.46. The van der Waals surface area contributed by atoms with Crippen molar-refractivity contribution in [3.8, 4) is 12.1 Å². The number of halogens is 1. The van der Waals surface area contributed by atoms with E-state index in [1.165, 1.54) is 11.0 Å². The monoisotopic (exact) mass is 573 g/mol. The van der Waals surface area contributed by atoms with Crippen LogP contribution in [-0.2, 0) is 13.0 Å². The zero-order valence-corrected chi connectivity index (χ0v) is 24.1. The number of hydrogen-bond donors (Lipinski definition) is 1. The third-order valence-electron chi connectivity index (χ3n) is 9.01. The van der Waals surface area contributed by atoms with Gasteiger partial charge in [-0.2, -0.15) is 15.2 Å². The van der Waals surface area contributed by atoms with Gasteiger partial charge in [0.1, 0.15) is 18.2 Å². The van der Waals surface area contributed by atoms with Crippen molar-refractivity contribution >= 4 is 28.4 Å². The topological polar surface area (TPSA) is 109 Å². The standard InChI is InChI=1S/C31H36FN7O3/c1-20-25(32)9-8-21-5-3-7-27(28(20)21)37-14-11-24-26(18-37)34-30(42-19-23-6-4-13-36(23)2)35-29(24)38-15-16-39(31(40)41)22(17-38)10-12-33/h3,5,7-9,22-23H,4,6,10-11,13-19H2,1-2H3,(H,40,41). The first kappa shape index (κ1) is 28.0. The van der Waals surface area contributed by atoms with Crippen LogP contribution in [0.2, 0.25) is 0 Å². The number of aryl methyl sites for hydroxylation is 1. The Balaban J connectivity index is 1.35. The number of aromatic nitrogens is 2. The summed E-state index contributed by atoms with van der Waals surface area (Å²) >= 11 is 0. The summed E-state index contributed by atoms with van der Waals surface area (Å²) in [5, 5.41) is 21.0. The Morgan fingerprint density at radius 1 is 1.14 bits per heavy atom. The van der Waals surface area contributed by atoms with Crippen LogP contribution in [0.25, 0.3) is 10.8 Å². The number of carboxylic acid groups (broad SMARTS) is 1. The number of hydrogen-bond acceptors (Lipinski definition) is 8.